The molecule has 2 unspecified atom stereocenters. The van der Waals surface area contributed by atoms with Gasteiger partial charge in [-0.25, -0.2) is 0 Å². The molecule has 1 aliphatic rings. The molecule has 2 N–H and O–H groups in total. The number of nitrogens with one attached hydrogen (secondary N) is 1. The molecule has 0 heterocycles. The van der Waals surface area contributed by atoms with Gasteiger partial charge in [0, 0.05) is 12.1 Å². The Morgan fingerprint density at radius 2 is 1.87 bits per heavy atom. The average Bonchev–Trinajstić information content (AvgIpc) is 2.13. The van der Waals surface area contributed by atoms with Gasteiger partial charge in [0.25, 0.3) is 0 Å². The Bertz CT molecular complexity index is 171. The third-order valence-corrected chi connectivity index (χ3v) is 3.62. The van der Waals surface area contributed by atoms with Crippen LogP contribution >= 0.6 is 0 Å². The molecule has 0 amide bonds. The monoisotopic (exact) mass is 213 g/mol. The van der Waals surface area contributed by atoms with E-state index in [1.807, 2.05) is 0 Å². The number of hydrogen-bond acceptors (Lipinski definition) is 2. The van der Waals surface area contributed by atoms with Crippen LogP contribution in [0, 0.1) is 11.8 Å². The predicted octanol–water partition coefficient (Wildman–Crippen LogP) is 2.56. The van der Waals surface area contributed by atoms with Crippen LogP contribution in [0.5, 0.6) is 0 Å². The minimum Gasteiger partial charge on any atom is -0.396 e. The van der Waals surface area contributed by atoms with Gasteiger partial charge in [0.1, 0.15) is 0 Å². The smallest absolute Gasteiger partial charge is 0.0448 e. The minimum absolute atomic E-state index is 0.224. The molecule has 1 saturated carbocycles. The van der Waals surface area contributed by atoms with Crippen LogP contribution in [0.15, 0.2) is 0 Å². The number of aliphatic hydroxyl groups excluding tert-OH is 1. The van der Waals surface area contributed by atoms with E-state index in [2.05, 4.69) is 26.1 Å². The fourth-order valence-corrected chi connectivity index (χ4v) is 3.31. The predicted molar refractivity (Wildman–Crippen MR) is 64.9 cm³/mol. The highest BCUT2D eigenvalue weighted by molar-refractivity contribution is 4.94. The molecule has 90 valence electrons. The Kier molecular flexibility index (Phi) is 5.07. The minimum atomic E-state index is 0.224. The van der Waals surface area contributed by atoms with Gasteiger partial charge < -0.3 is 10.4 Å². The van der Waals surface area contributed by atoms with Gasteiger partial charge in [-0.2, -0.15) is 0 Å². The first kappa shape index (κ1) is 13.0. The van der Waals surface area contributed by atoms with Gasteiger partial charge in [0.2, 0.25) is 0 Å². The number of aliphatic hydroxyl groups is 1. The lowest BCUT2D eigenvalue weighted by atomic mass is 9.70. The van der Waals surface area contributed by atoms with Crippen LogP contribution in [0.2, 0.25) is 0 Å². The lowest BCUT2D eigenvalue weighted by Gasteiger charge is -2.43. The summed E-state index contributed by atoms with van der Waals surface area (Å²) in [6.45, 7) is 8.29. The highest BCUT2D eigenvalue weighted by Gasteiger charge is 2.36. The first-order chi connectivity index (χ1) is 7.12. The van der Waals surface area contributed by atoms with Crippen molar-refractivity contribution < 1.29 is 5.11 Å². The maximum absolute atomic E-state index is 9.22. The van der Waals surface area contributed by atoms with Gasteiger partial charge in [-0.1, -0.05) is 20.8 Å². The van der Waals surface area contributed by atoms with Crippen molar-refractivity contribution in [1.29, 1.82) is 0 Å². The Balaban J connectivity index is 2.60. The van der Waals surface area contributed by atoms with Gasteiger partial charge >= 0.3 is 0 Å². The van der Waals surface area contributed by atoms with Crippen molar-refractivity contribution >= 4 is 0 Å². The van der Waals surface area contributed by atoms with Crippen molar-refractivity contribution in [2.75, 3.05) is 13.2 Å². The second kappa shape index (κ2) is 5.86. The van der Waals surface area contributed by atoms with E-state index in [1.54, 1.807) is 0 Å². The van der Waals surface area contributed by atoms with Gasteiger partial charge in [0.05, 0.1) is 0 Å². The quantitative estimate of drug-likeness (QED) is 0.735. The summed E-state index contributed by atoms with van der Waals surface area (Å²) in [6, 6.07) is 0. The van der Waals surface area contributed by atoms with E-state index in [0.717, 1.165) is 24.8 Å². The zero-order chi connectivity index (χ0) is 11.3. The summed E-state index contributed by atoms with van der Waals surface area (Å²) in [6.07, 6.45) is 5.91. The van der Waals surface area contributed by atoms with E-state index in [-0.39, 0.29) is 5.54 Å². The van der Waals surface area contributed by atoms with Gasteiger partial charge in [-0.3, -0.25) is 0 Å². The van der Waals surface area contributed by atoms with Crippen LogP contribution in [-0.2, 0) is 0 Å². The molecule has 0 aromatic heterocycles. The van der Waals surface area contributed by atoms with Gasteiger partial charge in [0.15, 0.2) is 0 Å². The Morgan fingerprint density at radius 3 is 2.33 bits per heavy atom. The normalized spacial score (nSPS) is 36.8. The Morgan fingerprint density at radius 1 is 1.27 bits per heavy atom. The van der Waals surface area contributed by atoms with Crippen LogP contribution in [0.4, 0.5) is 0 Å². The van der Waals surface area contributed by atoms with Crippen LogP contribution in [0.25, 0.3) is 0 Å². The molecule has 0 bridgehead atoms. The molecular formula is C13H27NO. The molecule has 0 spiro atoms. The van der Waals surface area contributed by atoms with E-state index >= 15 is 0 Å². The van der Waals surface area contributed by atoms with Crippen LogP contribution < -0.4 is 5.32 Å². The number of rotatable bonds is 5. The molecule has 0 aromatic rings. The van der Waals surface area contributed by atoms with Crippen LogP contribution in [0.3, 0.4) is 0 Å². The summed E-state index contributed by atoms with van der Waals surface area (Å²) in [5.74, 6) is 1.59. The highest BCUT2D eigenvalue weighted by atomic mass is 16.3. The van der Waals surface area contributed by atoms with Crippen molar-refractivity contribution in [3.8, 4) is 0 Å². The van der Waals surface area contributed by atoms with Gasteiger partial charge in [-0.05, 0) is 50.5 Å². The number of hydrogen-bond donors (Lipinski definition) is 2. The molecule has 1 fully saturated rings. The van der Waals surface area contributed by atoms with Crippen molar-refractivity contribution in [3.63, 3.8) is 0 Å². The third kappa shape index (κ3) is 3.76. The third-order valence-electron chi connectivity index (χ3n) is 3.62. The molecular weight excluding hydrogens is 186 g/mol. The van der Waals surface area contributed by atoms with Gasteiger partial charge in [-0.15, -0.1) is 0 Å². The van der Waals surface area contributed by atoms with Crippen molar-refractivity contribution in [1.82, 2.24) is 5.32 Å². The van der Waals surface area contributed by atoms with Crippen molar-refractivity contribution in [2.45, 2.75) is 58.4 Å². The average molecular weight is 213 g/mol. The maximum Gasteiger partial charge on any atom is 0.0448 e. The lowest BCUT2D eigenvalue weighted by molar-refractivity contribution is 0.110. The summed E-state index contributed by atoms with van der Waals surface area (Å²) in [7, 11) is 0. The zero-order valence-corrected chi connectivity index (χ0v) is 10.6. The maximum atomic E-state index is 9.22. The van der Waals surface area contributed by atoms with Crippen molar-refractivity contribution in [2.24, 2.45) is 11.8 Å². The molecule has 0 radical (unpaired) electrons. The van der Waals surface area contributed by atoms with E-state index in [0.29, 0.717) is 6.61 Å². The van der Waals surface area contributed by atoms with Crippen molar-refractivity contribution in [3.05, 3.63) is 0 Å². The SMILES string of the molecule is CCCNC1(CCO)CC(C)CC(C)C1. The molecule has 15 heavy (non-hydrogen) atoms. The summed E-state index contributed by atoms with van der Waals surface area (Å²) < 4.78 is 0. The molecule has 1 aliphatic carbocycles. The van der Waals surface area contributed by atoms with Crippen LogP contribution in [0.1, 0.15) is 52.9 Å². The largest absolute Gasteiger partial charge is 0.396 e. The lowest BCUT2D eigenvalue weighted by Crippen LogP contribution is -2.51. The summed E-state index contributed by atoms with van der Waals surface area (Å²) in [4.78, 5) is 0. The summed E-state index contributed by atoms with van der Waals surface area (Å²) >= 11 is 0. The first-order valence-electron chi connectivity index (χ1n) is 6.48. The fourth-order valence-electron chi connectivity index (χ4n) is 3.31. The van der Waals surface area contributed by atoms with E-state index < -0.39 is 0 Å². The standard InChI is InChI=1S/C13H27NO/c1-4-6-14-13(5-7-15)9-11(2)8-12(3)10-13/h11-12,14-15H,4-10H2,1-3H3. The van der Waals surface area contributed by atoms with E-state index in [1.165, 1.54) is 25.7 Å². The van der Waals surface area contributed by atoms with Crippen LogP contribution in [-0.4, -0.2) is 23.8 Å². The molecule has 0 aliphatic heterocycles. The van der Waals surface area contributed by atoms with E-state index in [4.69, 9.17) is 0 Å². The molecule has 2 nitrogen and oxygen atoms in total. The second-order valence-corrected chi connectivity index (χ2v) is 5.54. The topological polar surface area (TPSA) is 32.3 Å². The molecule has 2 atom stereocenters. The Labute approximate surface area is 94.5 Å². The summed E-state index contributed by atoms with van der Waals surface area (Å²) in [5, 5.41) is 12.9. The molecule has 2 heteroatoms. The zero-order valence-electron chi connectivity index (χ0n) is 10.6. The first-order valence-corrected chi connectivity index (χ1v) is 6.48. The second-order valence-electron chi connectivity index (χ2n) is 5.54. The molecule has 0 aromatic carbocycles. The van der Waals surface area contributed by atoms with E-state index in [9.17, 15) is 5.11 Å². The Hall–Kier alpha value is -0.0800. The summed E-state index contributed by atoms with van der Waals surface area (Å²) in [5.41, 5.74) is 0.224. The fraction of sp³-hybridized carbons (Fsp3) is 1.00. The molecule has 0 saturated heterocycles. The highest BCUT2D eigenvalue weighted by Crippen LogP contribution is 2.37. The molecule has 1 rings (SSSR count).